The fourth-order valence-electron chi connectivity index (χ4n) is 4.14. The van der Waals surface area contributed by atoms with E-state index in [2.05, 4.69) is 5.32 Å². The van der Waals surface area contributed by atoms with Gasteiger partial charge in [0.2, 0.25) is 0 Å². The van der Waals surface area contributed by atoms with E-state index in [0.717, 1.165) is 37.7 Å². The Morgan fingerprint density at radius 3 is 2.45 bits per heavy atom. The lowest BCUT2D eigenvalue weighted by Gasteiger charge is -2.35. The van der Waals surface area contributed by atoms with Crippen LogP contribution in [0.1, 0.15) is 43.2 Å². The highest BCUT2D eigenvalue weighted by Gasteiger charge is 2.40. The third-order valence-electron chi connectivity index (χ3n) is 5.88. The van der Waals surface area contributed by atoms with Crippen LogP contribution in [0.25, 0.3) is 6.08 Å². The summed E-state index contributed by atoms with van der Waals surface area (Å²) in [6, 6.07) is 10.1. The standard InChI is InChI=1S/C25H25FN2O5/c1-32-22-14-17(9-12-21(22)33-15-16-7-10-18(26)11-8-16)13-20-23(29)27-25(31)28(24(20)30)19-5-3-2-4-6-19/h7-14,19H,2-6,15H2,1H3,(H,27,29,31). The van der Waals surface area contributed by atoms with Crippen molar-refractivity contribution in [3.63, 3.8) is 0 Å². The predicted molar refractivity (Wildman–Crippen MR) is 119 cm³/mol. The third kappa shape index (κ3) is 5.05. The lowest BCUT2D eigenvalue weighted by molar-refractivity contribution is -0.132. The zero-order chi connectivity index (χ0) is 23.4. The van der Waals surface area contributed by atoms with Crippen LogP contribution in [0.2, 0.25) is 0 Å². The zero-order valence-electron chi connectivity index (χ0n) is 18.3. The SMILES string of the molecule is COc1cc(C=C2C(=O)NC(=O)N(C3CCCCC3)C2=O)ccc1OCc1ccc(F)cc1. The fourth-order valence-corrected chi connectivity index (χ4v) is 4.14. The van der Waals surface area contributed by atoms with Gasteiger partial charge in [-0.05, 0) is 54.3 Å². The van der Waals surface area contributed by atoms with Crippen LogP contribution in [-0.4, -0.2) is 35.9 Å². The number of urea groups is 1. The van der Waals surface area contributed by atoms with Crippen molar-refractivity contribution in [3.8, 4) is 11.5 Å². The van der Waals surface area contributed by atoms with Crippen molar-refractivity contribution in [1.29, 1.82) is 0 Å². The molecule has 0 spiro atoms. The molecule has 2 aromatic rings. The maximum atomic E-state index is 13.1. The molecule has 1 saturated heterocycles. The van der Waals surface area contributed by atoms with Gasteiger partial charge in [0.15, 0.2) is 11.5 Å². The monoisotopic (exact) mass is 452 g/mol. The molecular weight excluding hydrogens is 427 g/mol. The molecule has 0 unspecified atom stereocenters. The first kappa shape index (κ1) is 22.5. The number of barbiturate groups is 1. The molecule has 0 radical (unpaired) electrons. The molecule has 1 saturated carbocycles. The van der Waals surface area contributed by atoms with Crippen LogP contribution in [0.3, 0.4) is 0 Å². The molecule has 0 aromatic heterocycles. The molecule has 172 valence electrons. The van der Waals surface area contributed by atoms with E-state index >= 15 is 0 Å². The van der Waals surface area contributed by atoms with Crippen LogP contribution in [-0.2, 0) is 16.2 Å². The Bertz CT molecular complexity index is 1090. The number of imide groups is 2. The second-order valence-corrected chi connectivity index (χ2v) is 8.11. The number of hydrogen-bond donors (Lipinski definition) is 1. The molecule has 2 aromatic carbocycles. The van der Waals surface area contributed by atoms with E-state index in [1.165, 1.54) is 30.2 Å². The van der Waals surface area contributed by atoms with E-state index < -0.39 is 17.8 Å². The van der Waals surface area contributed by atoms with Gasteiger partial charge >= 0.3 is 6.03 Å². The number of nitrogens with one attached hydrogen (secondary N) is 1. The van der Waals surface area contributed by atoms with Gasteiger partial charge in [0.25, 0.3) is 11.8 Å². The van der Waals surface area contributed by atoms with E-state index in [1.54, 1.807) is 30.3 Å². The van der Waals surface area contributed by atoms with Crippen LogP contribution in [0.15, 0.2) is 48.0 Å². The Balaban J connectivity index is 1.54. The van der Waals surface area contributed by atoms with Crippen LogP contribution < -0.4 is 14.8 Å². The van der Waals surface area contributed by atoms with E-state index in [0.29, 0.717) is 17.1 Å². The number of halogens is 1. The summed E-state index contributed by atoms with van der Waals surface area (Å²) in [5.74, 6) is -0.740. The predicted octanol–water partition coefficient (Wildman–Crippen LogP) is 4.21. The smallest absolute Gasteiger partial charge is 0.331 e. The van der Waals surface area contributed by atoms with Gasteiger partial charge in [-0.25, -0.2) is 9.18 Å². The Morgan fingerprint density at radius 1 is 1.03 bits per heavy atom. The van der Waals surface area contributed by atoms with Crippen molar-refractivity contribution < 1.29 is 28.2 Å². The van der Waals surface area contributed by atoms with Gasteiger partial charge in [0, 0.05) is 6.04 Å². The average Bonchev–Trinajstić information content (AvgIpc) is 2.82. The van der Waals surface area contributed by atoms with Crippen LogP contribution >= 0.6 is 0 Å². The number of amides is 4. The highest BCUT2D eigenvalue weighted by molar-refractivity contribution is 6.31. The molecule has 8 heteroatoms. The molecule has 0 atom stereocenters. The molecule has 1 heterocycles. The number of hydrogen-bond acceptors (Lipinski definition) is 5. The number of carbonyl (C=O) groups excluding carboxylic acids is 3. The maximum Gasteiger partial charge on any atom is 0.331 e. The number of nitrogens with zero attached hydrogens (tertiary/aromatic N) is 1. The first-order valence-electron chi connectivity index (χ1n) is 10.9. The molecule has 1 aliphatic carbocycles. The van der Waals surface area contributed by atoms with Crippen LogP contribution in [0.4, 0.5) is 9.18 Å². The summed E-state index contributed by atoms with van der Waals surface area (Å²) < 4.78 is 24.3. The number of carbonyl (C=O) groups is 3. The minimum absolute atomic E-state index is 0.0952. The lowest BCUT2D eigenvalue weighted by Crippen LogP contribution is -2.58. The molecule has 4 rings (SSSR count). The first-order chi connectivity index (χ1) is 16.0. The summed E-state index contributed by atoms with van der Waals surface area (Å²) in [5.41, 5.74) is 1.25. The molecule has 0 bridgehead atoms. The Labute approximate surface area is 191 Å². The van der Waals surface area contributed by atoms with E-state index in [-0.39, 0.29) is 24.0 Å². The molecule has 2 aliphatic rings. The molecule has 33 heavy (non-hydrogen) atoms. The van der Waals surface area contributed by atoms with Crippen molar-refractivity contribution in [1.82, 2.24) is 10.2 Å². The molecule has 7 nitrogen and oxygen atoms in total. The number of methoxy groups -OCH3 is 1. The molecule has 1 aliphatic heterocycles. The Hall–Kier alpha value is -3.68. The van der Waals surface area contributed by atoms with Crippen LogP contribution in [0, 0.1) is 5.82 Å². The summed E-state index contributed by atoms with van der Waals surface area (Å²) in [7, 11) is 1.49. The summed E-state index contributed by atoms with van der Waals surface area (Å²) in [5, 5.41) is 2.29. The number of rotatable bonds is 6. The zero-order valence-corrected chi connectivity index (χ0v) is 18.3. The second-order valence-electron chi connectivity index (χ2n) is 8.11. The summed E-state index contributed by atoms with van der Waals surface area (Å²) in [6.07, 6.45) is 5.92. The van der Waals surface area contributed by atoms with Gasteiger partial charge in [-0.3, -0.25) is 19.8 Å². The van der Waals surface area contributed by atoms with E-state index in [9.17, 15) is 18.8 Å². The number of benzene rings is 2. The van der Waals surface area contributed by atoms with Crippen molar-refractivity contribution in [2.24, 2.45) is 0 Å². The molecule has 1 N–H and O–H groups in total. The van der Waals surface area contributed by atoms with Crippen molar-refractivity contribution in [2.75, 3.05) is 7.11 Å². The summed E-state index contributed by atoms with van der Waals surface area (Å²) in [6.45, 7) is 0.219. The Morgan fingerprint density at radius 2 is 1.76 bits per heavy atom. The van der Waals surface area contributed by atoms with Crippen molar-refractivity contribution in [3.05, 3.63) is 65.0 Å². The van der Waals surface area contributed by atoms with Gasteiger partial charge < -0.3 is 9.47 Å². The summed E-state index contributed by atoms with van der Waals surface area (Å²) >= 11 is 0. The normalized spacial score (nSPS) is 18.4. The highest BCUT2D eigenvalue weighted by Crippen LogP contribution is 2.31. The van der Waals surface area contributed by atoms with Gasteiger partial charge in [0.05, 0.1) is 7.11 Å². The first-order valence-corrected chi connectivity index (χ1v) is 10.9. The molecule has 4 amide bonds. The third-order valence-corrected chi connectivity index (χ3v) is 5.88. The van der Waals surface area contributed by atoms with Gasteiger partial charge in [0.1, 0.15) is 18.0 Å². The van der Waals surface area contributed by atoms with Gasteiger partial charge in [-0.2, -0.15) is 0 Å². The minimum atomic E-state index is -0.715. The van der Waals surface area contributed by atoms with Gasteiger partial charge in [-0.15, -0.1) is 0 Å². The minimum Gasteiger partial charge on any atom is -0.493 e. The van der Waals surface area contributed by atoms with E-state index in [4.69, 9.17) is 9.47 Å². The fraction of sp³-hybridized carbons (Fsp3) is 0.320. The van der Waals surface area contributed by atoms with Crippen molar-refractivity contribution in [2.45, 2.75) is 44.8 Å². The lowest BCUT2D eigenvalue weighted by atomic mass is 9.93. The quantitative estimate of drug-likeness (QED) is 0.524. The van der Waals surface area contributed by atoms with Crippen molar-refractivity contribution >= 4 is 23.9 Å². The highest BCUT2D eigenvalue weighted by atomic mass is 19.1. The van der Waals surface area contributed by atoms with E-state index in [1.807, 2.05) is 0 Å². The largest absolute Gasteiger partial charge is 0.493 e. The molecular formula is C25H25FN2O5. The topological polar surface area (TPSA) is 84.9 Å². The maximum absolute atomic E-state index is 13.1. The number of ether oxygens (including phenoxy) is 2. The Kier molecular flexibility index (Phi) is 6.72. The summed E-state index contributed by atoms with van der Waals surface area (Å²) in [4.78, 5) is 39.0. The van der Waals surface area contributed by atoms with Crippen LogP contribution in [0.5, 0.6) is 11.5 Å². The van der Waals surface area contributed by atoms with Gasteiger partial charge in [-0.1, -0.05) is 37.5 Å². The second kappa shape index (κ2) is 9.85. The average molecular weight is 452 g/mol. The molecule has 2 fully saturated rings.